The molecule has 1 unspecified atom stereocenters. The zero-order chi connectivity index (χ0) is 12.9. The van der Waals surface area contributed by atoms with Gasteiger partial charge in [-0.15, -0.1) is 0 Å². The van der Waals surface area contributed by atoms with Gasteiger partial charge in [-0.2, -0.15) is 0 Å². The Hall–Kier alpha value is 0.580. The largest absolute Gasteiger partial charge is 0.550 e. The maximum absolute atomic E-state index is 11.4. The summed E-state index contributed by atoms with van der Waals surface area (Å²) in [5, 5.41) is 10.3. The van der Waals surface area contributed by atoms with E-state index in [1.165, 1.54) is 0 Å². The molecule has 0 aliphatic carbocycles. The summed E-state index contributed by atoms with van der Waals surface area (Å²) >= 11 is 10.3. The first-order chi connectivity index (χ1) is 7.15. The monoisotopic (exact) mass is 419 g/mol. The van der Waals surface area contributed by atoms with Crippen LogP contribution in [0, 0.1) is 5.41 Å². The third-order valence-corrected chi connectivity index (χ3v) is 4.59. The van der Waals surface area contributed by atoms with E-state index in [2.05, 4.69) is 47.8 Å². The molecule has 0 aromatic rings. The van der Waals surface area contributed by atoms with Gasteiger partial charge in [0.05, 0.1) is 3.74 Å². The predicted molar refractivity (Wildman–Crippen MR) is 72.0 cm³/mol. The van der Waals surface area contributed by atoms with Crippen LogP contribution in [0.2, 0.25) is 0 Å². The molecule has 0 aromatic carbocycles. The number of carboxylic acids is 1. The second kappa shape index (κ2) is 7.11. The van der Waals surface area contributed by atoms with Gasteiger partial charge >= 0.3 is 0 Å². The summed E-state index contributed by atoms with van der Waals surface area (Å²) in [5.41, 5.74) is -0.285. The third-order valence-electron chi connectivity index (χ3n) is 2.23. The summed E-state index contributed by atoms with van der Waals surface area (Å²) in [6, 6.07) is 0. The van der Waals surface area contributed by atoms with E-state index in [-0.39, 0.29) is 26.2 Å². The second-order valence-corrected chi connectivity index (χ2v) is 8.89. The van der Waals surface area contributed by atoms with Gasteiger partial charge in [-0.3, -0.25) is 4.79 Å². The molecule has 0 saturated carbocycles. The van der Waals surface area contributed by atoms with Gasteiger partial charge < -0.3 is 9.90 Å². The topological polar surface area (TPSA) is 57.2 Å². The normalized spacial score (nSPS) is 13.9. The van der Waals surface area contributed by atoms with Crippen LogP contribution in [0.4, 0.5) is 0 Å². The van der Waals surface area contributed by atoms with Crippen LogP contribution in [0.15, 0.2) is 0 Å². The van der Waals surface area contributed by atoms with Crippen LogP contribution in [-0.4, -0.2) is 20.3 Å². The first-order valence-corrected chi connectivity index (χ1v) is 7.53. The molecular weight excluding hydrogens is 408 g/mol. The standard InChI is InChI=1S/C10H15Br3O3/c1-10(2,7(11)4-8(12)13)5-6(14)3-9(15)16/h7-8H,3-5H2,1-2H3,(H,15,16)/p-1. The Kier molecular flexibility index (Phi) is 7.37. The van der Waals surface area contributed by atoms with Crippen molar-refractivity contribution >= 4 is 59.5 Å². The number of carbonyl (C=O) groups is 2. The molecule has 0 amide bonds. The van der Waals surface area contributed by atoms with Crippen molar-refractivity contribution < 1.29 is 14.7 Å². The van der Waals surface area contributed by atoms with E-state index < -0.39 is 12.4 Å². The Balaban J connectivity index is 4.32. The molecule has 0 saturated heterocycles. The molecule has 0 fully saturated rings. The number of carbonyl (C=O) groups excluding carboxylic acids is 2. The zero-order valence-corrected chi connectivity index (χ0v) is 13.9. The van der Waals surface area contributed by atoms with Crippen LogP contribution in [0.1, 0.15) is 33.1 Å². The number of carboxylic acid groups (broad SMARTS) is 1. The molecule has 0 N–H and O–H groups in total. The van der Waals surface area contributed by atoms with Crippen LogP contribution in [0.3, 0.4) is 0 Å². The van der Waals surface area contributed by atoms with Crippen molar-refractivity contribution in [3.8, 4) is 0 Å². The maximum Gasteiger partial charge on any atom is 0.139 e. The number of halogens is 3. The number of hydrogen-bond donors (Lipinski definition) is 0. The smallest absolute Gasteiger partial charge is 0.139 e. The highest BCUT2D eigenvalue weighted by Crippen LogP contribution is 2.36. The summed E-state index contributed by atoms with van der Waals surface area (Å²) < 4.78 is 0.167. The lowest BCUT2D eigenvalue weighted by atomic mass is 9.82. The average molecular weight is 422 g/mol. The number of aliphatic carboxylic acids is 1. The highest BCUT2D eigenvalue weighted by atomic mass is 79.9. The summed E-state index contributed by atoms with van der Waals surface area (Å²) in [6.45, 7) is 3.87. The highest BCUT2D eigenvalue weighted by molar-refractivity contribution is 9.24. The van der Waals surface area contributed by atoms with Crippen molar-refractivity contribution in [2.75, 3.05) is 0 Å². The Morgan fingerprint density at radius 2 is 1.75 bits per heavy atom. The lowest BCUT2D eigenvalue weighted by Gasteiger charge is -2.30. The van der Waals surface area contributed by atoms with E-state index in [1.54, 1.807) is 0 Å². The highest BCUT2D eigenvalue weighted by Gasteiger charge is 2.30. The second-order valence-electron chi connectivity index (χ2n) is 4.35. The van der Waals surface area contributed by atoms with Gasteiger partial charge in [0, 0.05) is 23.6 Å². The molecule has 1 atom stereocenters. The van der Waals surface area contributed by atoms with E-state index in [4.69, 9.17) is 0 Å². The fourth-order valence-electron chi connectivity index (χ4n) is 1.32. The molecule has 16 heavy (non-hydrogen) atoms. The number of Topliss-reactive ketones (excluding diaryl/α,β-unsaturated/α-hetero) is 1. The number of rotatable bonds is 7. The van der Waals surface area contributed by atoms with Crippen LogP contribution >= 0.6 is 47.8 Å². The molecule has 6 heteroatoms. The molecule has 0 spiro atoms. The Morgan fingerprint density at radius 3 is 2.12 bits per heavy atom. The minimum absolute atomic E-state index is 0.120. The molecule has 0 radical (unpaired) electrons. The maximum atomic E-state index is 11.4. The van der Waals surface area contributed by atoms with Crippen LogP contribution in [0.25, 0.3) is 0 Å². The van der Waals surface area contributed by atoms with Gasteiger partial charge in [0.15, 0.2) is 0 Å². The number of alkyl halides is 3. The summed E-state index contributed by atoms with van der Waals surface area (Å²) in [7, 11) is 0. The third kappa shape index (κ3) is 7.01. The van der Waals surface area contributed by atoms with Crippen molar-refractivity contribution in [1.82, 2.24) is 0 Å². The molecule has 0 bridgehead atoms. The zero-order valence-electron chi connectivity index (χ0n) is 9.13. The van der Waals surface area contributed by atoms with E-state index in [0.29, 0.717) is 0 Å². The number of ketones is 1. The van der Waals surface area contributed by atoms with Gasteiger partial charge in [0.1, 0.15) is 5.78 Å². The van der Waals surface area contributed by atoms with Gasteiger partial charge in [-0.1, -0.05) is 61.6 Å². The van der Waals surface area contributed by atoms with Gasteiger partial charge in [-0.25, -0.2) is 0 Å². The average Bonchev–Trinajstić information content (AvgIpc) is 1.98. The minimum atomic E-state index is -1.31. The summed E-state index contributed by atoms with van der Waals surface area (Å²) in [6.07, 6.45) is 0.518. The molecule has 0 aromatic heterocycles. The molecule has 0 heterocycles. The molecule has 94 valence electrons. The van der Waals surface area contributed by atoms with E-state index in [9.17, 15) is 14.7 Å². The quantitative estimate of drug-likeness (QED) is 0.468. The Bertz CT molecular complexity index is 264. The van der Waals surface area contributed by atoms with Crippen molar-refractivity contribution in [2.24, 2.45) is 5.41 Å². The summed E-state index contributed by atoms with van der Waals surface area (Å²) in [5.74, 6) is -1.61. The van der Waals surface area contributed by atoms with Gasteiger partial charge in [-0.05, 0) is 11.8 Å². The van der Waals surface area contributed by atoms with Crippen LogP contribution in [-0.2, 0) is 9.59 Å². The molecule has 3 nitrogen and oxygen atoms in total. The van der Waals surface area contributed by atoms with Crippen molar-refractivity contribution in [3.63, 3.8) is 0 Å². The van der Waals surface area contributed by atoms with E-state index in [1.807, 2.05) is 13.8 Å². The van der Waals surface area contributed by atoms with Gasteiger partial charge in [0.25, 0.3) is 0 Å². The molecule has 0 aliphatic heterocycles. The lowest BCUT2D eigenvalue weighted by Crippen LogP contribution is -2.32. The van der Waals surface area contributed by atoms with E-state index >= 15 is 0 Å². The Labute approximate surface area is 121 Å². The van der Waals surface area contributed by atoms with Crippen LogP contribution in [0.5, 0.6) is 0 Å². The van der Waals surface area contributed by atoms with Crippen LogP contribution < -0.4 is 5.11 Å². The van der Waals surface area contributed by atoms with E-state index in [0.717, 1.165) is 6.42 Å². The van der Waals surface area contributed by atoms with Crippen molar-refractivity contribution in [3.05, 3.63) is 0 Å². The molecule has 0 rings (SSSR count). The lowest BCUT2D eigenvalue weighted by molar-refractivity contribution is -0.304. The molecule has 0 aliphatic rings. The first kappa shape index (κ1) is 16.6. The van der Waals surface area contributed by atoms with Crippen molar-refractivity contribution in [1.29, 1.82) is 0 Å². The fraction of sp³-hybridized carbons (Fsp3) is 0.800. The summed E-state index contributed by atoms with van der Waals surface area (Å²) in [4.78, 5) is 21.8. The van der Waals surface area contributed by atoms with Crippen molar-refractivity contribution in [2.45, 2.75) is 41.7 Å². The Morgan fingerprint density at radius 1 is 1.25 bits per heavy atom. The van der Waals surface area contributed by atoms with Gasteiger partial charge in [0.2, 0.25) is 0 Å². The number of hydrogen-bond acceptors (Lipinski definition) is 3. The SMILES string of the molecule is CC(C)(CC(=O)CC(=O)[O-])C(Br)CC(Br)Br. The first-order valence-electron chi connectivity index (χ1n) is 4.79. The molecular formula is C10H14Br3O3-. The predicted octanol–water partition coefficient (Wildman–Crippen LogP) is 2.38. The minimum Gasteiger partial charge on any atom is -0.550 e. The fourth-order valence-corrected chi connectivity index (χ4v) is 3.60.